The summed E-state index contributed by atoms with van der Waals surface area (Å²) in [4.78, 5) is 4.53. The maximum absolute atomic E-state index is 6.13. The second-order valence-electron chi connectivity index (χ2n) is 5.75. The first-order valence-electron chi connectivity index (χ1n) is 7.99. The number of nitrogens with zero attached hydrogens (tertiary/aromatic N) is 1. The minimum absolute atomic E-state index is 0.515. The van der Waals surface area contributed by atoms with Gasteiger partial charge in [0.1, 0.15) is 12.4 Å². The van der Waals surface area contributed by atoms with Crippen LogP contribution in [0.15, 0.2) is 74.6 Å². The first-order chi connectivity index (χ1) is 12.5. The predicted octanol–water partition coefficient (Wildman–Crippen LogP) is 7.50. The molecule has 0 amide bonds. The topological polar surface area (TPSA) is 21.6 Å². The van der Waals surface area contributed by atoms with Crippen LogP contribution in [-0.2, 0) is 6.61 Å². The van der Waals surface area contributed by atoms with Gasteiger partial charge in [0.05, 0.1) is 10.2 Å². The molecule has 3 aromatic rings. The van der Waals surface area contributed by atoms with Crippen molar-refractivity contribution in [1.82, 2.24) is 0 Å². The summed E-state index contributed by atoms with van der Waals surface area (Å²) >= 11 is 13.1. The molecule has 0 aliphatic carbocycles. The molecule has 26 heavy (non-hydrogen) atoms. The van der Waals surface area contributed by atoms with Gasteiger partial charge in [0.25, 0.3) is 0 Å². The average Bonchev–Trinajstić information content (AvgIpc) is 2.63. The van der Waals surface area contributed by atoms with Gasteiger partial charge in [0.15, 0.2) is 0 Å². The Morgan fingerprint density at radius 3 is 2.54 bits per heavy atom. The van der Waals surface area contributed by atoms with Crippen LogP contribution in [0, 0.1) is 6.92 Å². The Bertz CT molecular complexity index is 939. The lowest BCUT2D eigenvalue weighted by Crippen LogP contribution is -1.96. The summed E-state index contributed by atoms with van der Waals surface area (Å²) in [5.74, 6) is 0.795. The van der Waals surface area contributed by atoms with E-state index in [1.807, 2.05) is 73.8 Å². The summed E-state index contributed by atoms with van der Waals surface area (Å²) in [6.45, 7) is 2.48. The molecule has 0 N–H and O–H groups in total. The molecule has 0 aromatic heterocycles. The van der Waals surface area contributed by atoms with E-state index in [1.165, 1.54) is 0 Å². The lowest BCUT2D eigenvalue weighted by molar-refractivity contribution is 0.304. The molecule has 3 rings (SSSR count). The highest BCUT2D eigenvalue weighted by molar-refractivity contribution is 9.10. The molecule has 0 radical (unpaired) electrons. The van der Waals surface area contributed by atoms with E-state index in [2.05, 4.69) is 36.9 Å². The van der Waals surface area contributed by atoms with Crippen molar-refractivity contribution in [2.75, 3.05) is 0 Å². The molecule has 3 aromatic carbocycles. The molecule has 0 unspecified atom stereocenters. The molecule has 0 bridgehead atoms. The summed E-state index contributed by atoms with van der Waals surface area (Å²) in [7, 11) is 0. The standard InChI is InChI=1S/C21H16Br2ClNO/c1-14-19(24)3-2-4-20(14)25-12-16-7-10-21(18(23)11-16)26-13-15-5-8-17(22)9-6-15/h2-12H,13H2,1H3. The minimum atomic E-state index is 0.515. The van der Waals surface area contributed by atoms with Crippen molar-refractivity contribution in [3.05, 3.63) is 91.3 Å². The third kappa shape index (κ3) is 4.97. The van der Waals surface area contributed by atoms with Gasteiger partial charge in [-0.15, -0.1) is 0 Å². The van der Waals surface area contributed by atoms with Gasteiger partial charge >= 0.3 is 0 Å². The summed E-state index contributed by atoms with van der Waals surface area (Å²) in [5, 5.41) is 0.720. The van der Waals surface area contributed by atoms with Crippen molar-refractivity contribution in [2.24, 2.45) is 4.99 Å². The fourth-order valence-corrected chi connectivity index (χ4v) is 3.28. The maximum Gasteiger partial charge on any atom is 0.134 e. The van der Waals surface area contributed by atoms with Crippen LogP contribution in [0.25, 0.3) is 0 Å². The number of aliphatic imine (C=N–C) groups is 1. The van der Waals surface area contributed by atoms with E-state index >= 15 is 0 Å². The van der Waals surface area contributed by atoms with Crippen LogP contribution in [-0.4, -0.2) is 6.21 Å². The Labute approximate surface area is 175 Å². The number of halogens is 3. The fourth-order valence-electron chi connectivity index (χ4n) is 2.34. The van der Waals surface area contributed by atoms with E-state index in [4.69, 9.17) is 16.3 Å². The largest absolute Gasteiger partial charge is 0.488 e. The van der Waals surface area contributed by atoms with Gasteiger partial charge < -0.3 is 4.74 Å². The van der Waals surface area contributed by atoms with E-state index in [0.29, 0.717) is 6.61 Å². The van der Waals surface area contributed by atoms with E-state index in [1.54, 1.807) is 0 Å². The molecule has 2 nitrogen and oxygen atoms in total. The van der Waals surface area contributed by atoms with Gasteiger partial charge in [-0.2, -0.15) is 0 Å². The van der Waals surface area contributed by atoms with Crippen LogP contribution in [0.4, 0.5) is 5.69 Å². The SMILES string of the molecule is Cc1c(Cl)cccc1N=Cc1ccc(OCc2ccc(Br)cc2)c(Br)c1. The van der Waals surface area contributed by atoms with Crippen molar-refractivity contribution in [2.45, 2.75) is 13.5 Å². The molecule has 0 fully saturated rings. The third-order valence-corrected chi connectivity index (χ3v) is 5.41. The van der Waals surface area contributed by atoms with Crippen LogP contribution in [0.1, 0.15) is 16.7 Å². The van der Waals surface area contributed by atoms with E-state index in [0.717, 1.165) is 42.1 Å². The molecule has 132 valence electrons. The zero-order valence-corrected chi connectivity index (χ0v) is 18.0. The van der Waals surface area contributed by atoms with Crippen LogP contribution in [0.3, 0.4) is 0 Å². The van der Waals surface area contributed by atoms with Gasteiger partial charge in [-0.3, -0.25) is 4.99 Å². The summed E-state index contributed by atoms with van der Waals surface area (Å²) in [6, 6.07) is 19.7. The van der Waals surface area contributed by atoms with Crippen LogP contribution >= 0.6 is 43.5 Å². The van der Waals surface area contributed by atoms with Crippen LogP contribution in [0.2, 0.25) is 5.02 Å². The van der Waals surface area contributed by atoms with E-state index in [9.17, 15) is 0 Å². The molecule has 5 heteroatoms. The first kappa shape index (κ1) is 19.2. The highest BCUT2D eigenvalue weighted by Gasteiger charge is 2.04. The summed E-state index contributed by atoms with van der Waals surface area (Å²) in [5.41, 5.74) is 3.93. The number of rotatable bonds is 5. The lowest BCUT2D eigenvalue weighted by atomic mass is 10.2. The average molecular weight is 494 g/mol. The van der Waals surface area contributed by atoms with Gasteiger partial charge in [-0.1, -0.05) is 45.7 Å². The predicted molar refractivity (Wildman–Crippen MR) is 116 cm³/mol. The number of hydrogen-bond donors (Lipinski definition) is 0. The molecule has 0 heterocycles. The highest BCUT2D eigenvalue weighted by atomic mass is 79.9. The molecule has 0 aliphatic rings. The molecule has 0 saturated carbocycles. The minimum Gasteiger partial charge on any atom is -0.488 e. The zero-order chi connectivity index (χ0) is 18.5. The Morgan fingerprint density at radius 2 is 1.81 bits per heavy atom. The lowest BCUT2D eigenvalue weighted by Gasteiger charge is -2.09. The second kappa shape index (κ2) is 8.85. The molecular formula is C21H16Br2ClNO. The van der Waals surface area contributed by atoms with Gasteiger partial charge in [-0.05, 0) is 82.0 Å². The van der Waals surface area contributed by atoms with Crippen molar-refractivity contribution in [1.29, 1.82) is 0 Å². The van der Waals surface area contributed by atoms with Crippen molar-refractivity contribution in [3.63, 3.8) is 0 Å². The Kier molecular flexibility index (Phi) is 6.52. The summed E-state index contributed by atoms with van der Waals surface area (Å²) < 4.78 is 7.84. The Hall–Kier alpha value is -1.62. The van der Waals surface area contributed by atoms with Gasteiger partial charge in [0, 0.05) is 15.7 Å². The second-order valence-corrected chi connectivity index (χ2v) is 7.92. The van der Waals surface area contributed by atoms with Crippen molar-refractivity contribution < 1.29 is 4.74 Å². The highest BCUT2D eigenvalue weighted by Crippen LogP contribution is 2.28. The Balaban J connectivity index is 1.70. The van der Waals surface area contributed by atoms with Gasteiger partial charge in [-0.25, -0.2) is 0 Å². The van der Waals surface area contributed by atoms with E-state index < -0.39 is 0 Å². The van der Waals surface area contributed by atoms with Crippen LogP contribution in [0.5, 0.6) is 5.75 Å². The van der Waals surface area contributed by atoms with Crippen molar-refractivity contribution >= 4 is 55.4 Å². The number of benzene rings is 3. The van der Waals surface area contributed by atoms with E-state index in [-0.39, 0.29) is 0 Å². The fraction of sp³-hybridized carbons (Fsp3) is 0.0952. The number of hydrogen-bond acceptors (Lipinski definition) is 2. The quantitative estimate of drug-likeness (QED) is 0.337. The third-order valence-electron chi connectivity index (χ3n) is 3.86. The molecule has 0 saturated heterocycles. The smallest absolute Gasteiger partial charge is 0.134 e. The molecule has 0 spiro atoms. The van der Waals surface area contributed by atoms with Crippen LogP contribution < -0.4 is 4.74 Å². The monoisotopic (exact) mass is 491 g/mol. The normalized spacial score (nSPS) is 11.1. The summed E-state index contributed by atoms with van der Waals surface area (Å²) in [6.07, 6.45) is 1.82. The van der Waals surface area contributed by atoms with Crippen molar-refractivity contribution in [3.8, 4) is 5.75 Å². The molecular weight excluding hydrogens is 477 g/mol. The molecule has 0 atom stereocenters. The Morgan fingerprint density at radius 1 is 1.04 bits per heavy atom. The molecule has 0 aliphatic heterocycles. The van der Waals surface area contributed by atoms with Gasteiger partial charge in [0.2, 0.25) is 0 Å². The first-order valence-corrected chi connectivity index (χ1v) is 9.95. The number of ether oxygens (including phenoxy) is 1. The zero-order valence-electron chi connectivity index (χ0n) is 14.0. The maximum atomic E-state index is 6.13.